The van der Waals surface area contributed by atoms with Gasteiger partial charge in [-0.05, 0) is 77.0 Å². The van der Waals surface area contributed by atoms with Crippen molar-refractivity contribution in [3.63, 3.8) is 0 Å². The van der Waals surface area contributed by atoms with Crippen molar-refractivity contribution in [2.75, 3.05) is 47.5 Å². The number of allylic oxidation sites excluding steroid dienone is 10. The van der Waals surface area contributed by atoms with Gasteiger partial charge in [-0.25, -0.2) is 4.79 Å². The highest BCUT2D eigenvalue weighted by Gasteiger charge is 2.25. The van der Waals surface area contributed by atoms with Crippen LogP contribution in [-0.2, 0) is 33.3 Å². The zero-order chi connectivity index (χ0) is 54.8. The lowest BCUT2D eigenvalue weighted by molar-refractivity contribution is -0.870. The van der Waals surface area contributed by atoms with E-state index in [0.717, 1.165) is 83.5 Å². The minimum Gasteiger partial charge on any atom is -0.477 e. The van der Waals surface area contributed by atoms with Gasteiger partial charge in [-0.15, -0.1) is 0 Å². The first kappa shape index (κ1) is 72.0. The Labute approximate surface area is 463 Å². The molecule has 0 heterocycles. The average Bonchev–Trinajstić information content (AvgIpc) is 3.38. The summed E-state index contributed by atoms with van der Waals surface area (Å²) in [7, 11) is 5.97. The molecule has 0 aromatic carbocycles. The highest BCUT2D eigenvalue weighted by molar-refractivity contribution is 5.71. The quantitative estimate of drug-likeness (QED) is 0.0211. The van der Waals surface area contributed by atoms with Crippen molar-refractivity contribution in [1.82, 2.24) is 0 Å². The molecule has 0 aliphatic heterocycles. The minimum absolute atomic E-state index is 0.183. The molecule has 9 heteroatoms. The fraction of sp³-hybridized carbons (Fsp3) is 0.803. The molecule has 1 N–H and O–H groups in total. The van der Waals surface area contributed by atoms with E-state index in [0.29, 0.717) is 17.4 Å². The van der Waals surface area contributed by atoms with E-state index in [-0.39, 0.29) is 32.2 Å². The van der Waals surface area contributed by atoms with Crippen LogP contribution in [0.1, 0.15) is 284 Å². The van der Waals surface area contributed by atoms with Crippen LogP contribution >= 0.6 is 0 Å². The fourth-order valence-electron chi connectivity index (χ4n) is 8.94. The van der Waals surface area contributed by atoms with E-state index in [1.54, 1.807) is 0 Å². The standard InChI is InChI=1S/C66H119NO8/c1-6-8-10-12-14-16-18-20-21-22-23-24-25-26-27-28-29-30-31-32-33-34-35-36-37-38-39-40-41-42-43-45-47-49-51-53-55-57-64(69)75-62(61-74-66(65(70)71)72-59-58-67(3,4)5)60-73-63(68)56-54-52-50-48-46-44-19-17-15-13-11-9-7-2/h8,10,14,16-17,19-21,23-24,62,66H,6-7,9,11-13,15,18,22,25-61H2,1-5H3/p+1/b10-8-,16-14-,19-17-,21-20-,24-23-. The van der Waals surface area contributed by atoms with Gasteiger partial charge >= 0.3 is 17.9 Å². The smallest absolute Gasteiger partial charge is 0.361 e. The third kappa shape index (κ3) is 58.5. The highest BCUT2D eigenvalue weighted by Crippen LogP contribution is 2.17. The molecule has 0 saturated carbocycles. The normalized spacial score (nSPS) is 13.1. The van der Waals surface area contributed by atoms with Gasteiger partial charge in [0, 0.05) is 12.8 Å². The van der Waals surface area contributed by atoms with Crippen molar-refractivity contribution in [3.05, 3.63) is 60.8 Å². The molecule has 0 aliphatic rings. The maximum Gasteiger partial charge on any atom is 0.361 e. The molecule has 436 valence electrons. The molecule has 0 saturated heterocycles. The largest absolute Gasteiger partial charge is 0.477 e. The number of hydrogen-bond donors (Lipinski definition) is 1. The van der Waals surface area contributed by atoms with Gasteiger partial charge in [0.05, 0.1) is 34.4 Å². The number of esters is 2. The van der Waals surface area contributed by atoms with Gasteiger partial charge in [0.1, 0.15) is 13.2 Å². The van der Waals surface area contributed by atoms with Crippen LogP contribution in [0.5, 0.6) is 0 Å². The van der Waals surface area contributed by atoms with Crippen molar-refractivity contribution in [1.29, 1.82) is 0 Å². The Bertz CT molecular complexity index is 1410. The molecule has 0 aromatic rings. The van der Waals surface area contributed by atoms with Gasteiger partial charge < -0.3 is 28.5 Å². The predicted molar refractivity (Wildman–Crippen MR) is 318 cm³/mol. The van der Waals surface area contributed by atoms with E-state index in [4.69, 9.17) is 18.9 Å². The molecule has 0 spiro atoms. The van der Waals surface area contributed by atoms with Crippen molar-refractivity contribution in [2.24, 2.45) is 0 Å². The summed E-state index contributed by atoms with van der Waals surface area (Å²) >= 11 is 0. The first-order chi connectivity index (χ1) is 36.6. The van der Waals surface area contributed by atoms with Crippen LogP contribution in [-0.4, -0.2) is 87.4 Å². The lowest BCUT2D eigenvalue weighted by Crippen LogP contribution is -2.40. The number of carboxylic acids is 1. The van der Waals surface area contributed by atoms with Crippen LogP contribution < -0.4 is 0 Å². The molecule has 2 unspecified atom stereocenters. The fourth-order valence-corrected chi connectivity index (χ4v) is 8.94. The summed E-state index contributed by atoms with van der Waals surface area (Å²) < 4.78 is 22.9. The Morgan fingerprint density at radius 3 is 1.15 bits per heavy atom. The minimum atomic E-state index is -1.51. The Hall–Kier alpha value is -3.01. The first-order valence-corrected chi connectivity index (χ1v) is 31.5. The van der Waals surface area contributed by atoms with Gasteiger partial charge in [0.15, 0.2) is 6.10 Å². The maximum atomic E-state index is 12.9. The summed E-state index contributed by atoms with van der Waals surface area (Å²) in [5.74, 6) is -2.00. The molecular weight excluding hydrogens is 935 g/mol. The number of quaternary nitrogens is 1. The zero-order valence-corrected chi connectivity index (χ0v) is 49.7. The summed E-state index contributed by atoms with van der Waals surface area (Å²) in [6.45, 7) is 4.76. The van der Waals surface area contributed by atoms with Crippen LogP contribution in [0.25, 0.3) is 0 Å². The number of hydrogen-bond acceptors (Lipinski definition) is 7. The molecule has 9 nitrogen and oxygen atoms in total. The lowest BCUT2D eigenvalue weighted by Gasteiger charge is -2.25. The third-order valence-electron chi connectivity index (χ3n) is 13.8. The summed E-state index contributed by atoms with van der Waals surface area (Å²) in [6.07, 6.45) is 70.5. The van der Waals surface area contributed by atoms with E-state index >= 15 is 0 Å². The van der Waals surface area contributed by atoms with E-state index in [1.165, 1.54) is 173 Å². The lowest BCUT2D eigenvalue weighted by atomic mass is 10.0. The van der Waals surface area contributed by atoms with Gasteiger partial charge in [-0.2, -0.15) is 0 Å². The Morgan fingerprint density at radius 1 is 0.413 bits per heavy atom. The summed E-state index contributed by atoms with van der Waals surface area (Å²) in [4.78, 5) is 37.4. The van der Waals surface area contributed by atoms with Gasteiger partial charge in [0.25, 0.3) is 6.29 Å². The number of unbranched alkanes of at least 4 members (excludes halogenated alkanes) is 33. The third-order valence-corrected chi connectivity index (χ3v) is 13.8. The van der Waals surface area contributed by atoms with Crippen LogP contribution in [0.4, 0.5) is 0 Å². The Kier molecular flexibility index (Phi) is 54.9. The number of aliphatic carboxylic acids is 1. The number of likely N-dealkylation sites (N-methyl/N-ethyl adjacent to an activating group) is 1. The SMILES string of the molecule is CC/C=C\C/C=C\C/C=C\C/C=C\CCCCCCCCCCCCCCCCCCCCCCCCCCC(=O)OC(COC(=O)CCCCCCC/C=C\CCCCCC)COC(OCC[N+](C)(C)C)C(=O)O. The van der Waals surface area contributed by atoms with Crippen LogP contribution in [0, 0.1) is 0 Å². The number of carbonyl (C=O) groups is 3. The molecular formula is C66H120NO8+. The van der Waals surface area contributed by atoms with Crippen LogP contribution in [0.2, 0.25) is 0 Å². The van der Waals surface area contributed by atoms with Crippen molar-refractivity contribution < 1.29 is 42.9 Å². The van der Waals surface area contributed by atoms with Crippen molar-refractivity contribution in [2.45, 2.75) is 296 Å². The van der Waals surface area contributed by atoms with Crippen LogP contribution in [0.15, 0.2) is 60.8 Å². The number of carbonyl (C=O) groups excluding carboxylic acids is 2. The Morgan fingerprint density at radius 2 is 0.760 bits per heavy atom. The molecule has 2 atom stereocenters. The van der Waals surface area contributed by atoms with Gasteiger partial charge in [-0.1, -0.05) is 254 Å². The van der Waals surface area contributed by atoms with E-state index < -0.39 is 24.3 Å². The van der Waals surface area contributed by atoms with Crippen molar-refractivity contribution >= 4 is 17.9 Å². The topological polar surface area (TPSA) is 108 Å². The maximum absolute atomic E-state index is 12.9. The van der Waals surface area contributed by atoms with E-state index in [1.807, 2.05) is 21.1 Å². The second kappa shape index (κ2) is 57.2. The average molecular weight is 1060 g/mol. The molecule has 0 amide bonds. The van der Waals surface area contributed by atoms with Crippen molar-refractivity contribution in [3.8, 4) is 0 Å². The van der Waals surface area contributed by atoms with Crippen LogP contribution in [0.3, 0.4) is 0 Å². The molecule has 0 aliphatic carbocycles. The second-order valence-corrected chi connectivity index (χ2v) is 22.3. The molecule has 0 aromatic heterocycles. The van der Waals surface area contributed by atoms with Gasteiger partial charge in [0.2, 0.25) is 0 Å². The molecule has 0 rings (SSSR count). The second-order valence-electron chi connectivity index (χ2n) is 22.3. The van der Waals surface area contributed by atoms with E-state index in [2.05, 4.69) is 74.6 Å². The van der Waals surface area contributed by atoms with E-state index in [9.17, 15) is 19.5 Å². The molecule has 75 heavy (non-hydrogen) atoms. The summed E-state index contributed by atoms with van der Waals surface area (Å²) in [6, 6.07) is 0. The van der Waals surface area contributed by atoms with Gasteiger partial charge in [-0.3, -0.25) is 9.59 Å². The molecule has 0 bridgehead atoms. The zero-order valence-electron chi connectivity index (χ0n) is 49.7. The number of nitrogens with zero attached hydrogens (tertiary/aromatic N) is 1. The number of rotatable bonds is 58. The molecule has 0 fully saturated rings. The number of ether oxygens (including phenoxy) is 4. The summed E-state index contributed by atoms with van der Waals surface area (Å²) in [5.41, 5.74) is 0. The monoisotopic (exact) mass is 1050 g/mol. The Balaban J connectivity index is 3.97. The number of carboxylic acid groups (broad SMARTS) is 1. The molecule has 0 radical (unpaired) electrons. The highest BCUT2D eigenvalue weighted by atomic mass is 16.7. The first-order valence-electron chi connectivity index (χ1n) is 31.5. The predicted octanol–water partition coefficient (Wildman–Crippen LogP) is 18.8. The summed E-state index contributed by atoms with van der Waals surface area (Å²) in [5, 5.41) is 9.69.